The van der Waals surface area contributed by atoms with Crippen molar-refractivity contribution < 1.29 is 14.3 Å². The average molecular weight is 142 g/mol. The van der Waals surface area contributed by atoms with Gasteiger partial charge in [-0.15, -0.1) is 0 Å². The average Bonchev–Trinajstić information content (AvgIpc) is 1.99. The Hall–Kier alpha value is -1.25. The molecule has 0 aliphatic carbocycles. The Morgan fingerprint density at radius 3 is 2.50 bits per heavy atom. The lowest BCUT2D eigenvalue weighted by Crippen LogP contribution is -2.01. The Bertz CT molecular complexity index is 158. The molecule has 3 heteroatoms. The summed E-state index contributed by atoms with van der Waals surface area (Å²) in [7, 11) is 1.42. The zero-order valence-corrected chi connectivity index (χ0v) is 6.09. The summed E-state index contributed by atoms with van der Waals surface area (Å²) < 4.78 is 9.22. The SMILES string of the molecule is C=CC(=O)O/C(=C/C)OC. The van der Waals surface area contributed by atoms with E-state index in [1.54, 1.807) is 13.0 Å². The van der Waals surface area contributed by atoms with Crippen LogP contribution < -0.4 is 0 Å². The van der Waals surface area contributed by atoms with E-state index < -0.39 is 5.97 Å². The molecule has 56 valence electrons. The molecule has 0 aromatic heterocycles. The van der Waals surface area contributed by atoms with Gasteiger partial charge in [-0.1, -0.05) is 6.58 Å². The van der Waals surface area contributed by atoms with E-state index in [0.29, 0.717) is 0 Å². The summed E-state index contributed by atoms with van der Waals surface area (Å²) in [5, 5.41) is 0. The molecule has 0 aromatic carbocycles. The van der Waals surface area contributed by atoms with Gasteiger partial charge in [0.1, 0.15) is 0 Å². The van der Waals surface area contributed by atoms with Gasteiger partial charge in [0.2, 0.25) is 0 Å². The lowest BCUT2D eigenvalue weighted by molar-refractivity contribution is -0.138. The molecule has 0 atom stereocenters. The Kier molecular flexibility index (Phi) is 4.04. The molecule has 0 heterocycles. The van der Waals surface area contributed by atoms with Crippen molar-refractivity contribution in [2.75, 3.05) is 7.11 Å². The normalized spacial score (nSPS) is 10.4. The number of allylic oxidation sites excluding steroid dienone is 1. The summed E-state index contributed by atoms with van der Waals surface area (Å²) in [4.78, 5) is 10.5. The first-order chi connectivity index (χ1) is 4.74. The van der Waals surface area contributed by atoms with Crippen molar-refractivity contribution in [2.45, 2.75) is 6.92 Å². The molecule has 0 saturated carbocycles. The van der Waals surface area contributed by atoms with Crippen molar-refractivity contribution in [2.24, 2.45) is 0 Å². The molecule has 3 nitrogen and oxygen atoms in total. The van der Waals surface area contributed by atoms with E-state index >= 15 is 0 Å². The predicted molar refractivity (Wildman–Crippen MR) is 37.1 cm³/mol. The molecule has 0 N–H and O–H groups in total. The van der Waals surface area contributed by atoms with Crippen LogP contribution in [0.25, 0.3) is 0 Å². The van der Waals surface area contributed by atoms with E-state index in [2.05, 4.69) is 16.1 Å². The first-order valence-electron chi connectivity index (χ1n) is 2.79. The van der Waals surface area contributed by atoms with Crippen molar-refractivity contribution in [3.63, 3.8) is 0 Å². The van der Waals surface area contributed by atoms with Crippen LogP contribution in [0.1, 0.15) is 6.92 Å². The van der Waals surface area contributed by atoms with Gasteiger partial charge in [-0.3, -0.25) is 0 Å². The van der Waals surface area contributed by atoms with Crippen molar-refractivity contribution in [3.05, 3.63) is 24.7 Å². The highest BCUT2D eigenvalue weighted by atomic mass is 16.7. The minimum absolute atomic E-state index is 0.185. The second kappa shape index (κ2) is 4.61. The monoisotopic (exact) mass is 142 g/mol. The maximum Gasteiger partial charge on any atom is 0.337 e. The zero-order valence-electron chi connectivity index (χ0n) is 6.09. The smallest absolute Gasteiger partial charge is 0.337 e. The number of hydrogen-bond donors (Lipinski definition) is 0. The van der Waals surface area contributed by atoms with Gasteiger partial charge >= 0.3 is 5.97 Å². The summed E-state index contributed by atoms with van der Waals surface area (Å²) in [6.45, 7) is 4.93. The van der Waals surface area contributed by atoms with Gasteiger partial charge in [0.15, 0.2) is 0 Å². The molecule has 0 rings (SSSR count). The van der Waals surface area contributed by atoms with Crippen molar-refractivity contribution in [3.8, 4) is 0 Å². The molecule has 0 aliphatic heterocycles. The van der Waals surface area contributed by atoms with E-state index in [1.165, 1.54) is 7.11 Å². The number of methoxy groups -OCH3 is 1. The predicted octanol–water partition coefficient (Wildman–Crippen LogP) is 1.22. The van der Waals surface area contributed by atoms with Crippen LogP contribution in [0, 0.1) is 0 Å². The fraction of sp³-hybridized carbons (Fsp3) is 0.286. The lowest BCUT2D eigenvalue weighted by Gasteiger charge is -2.02. The van der Waals surface area contributed by atoms with E-state index in [1.807, 2.05) is 0 Å². The molecule has 0 unspecified atom stereocenters. The summed E-state index contributed by atoms with van der Waals surface area (Å²) in [5.41, 5.74) is 0. The van der Waals surface area contributed by atoms with E-state index in [9.17, 15) is 4.79 Å². The van der Waals surface area contributed by atoms with Crippen LogP contribution in [-0.2, 0) is 14.3 Å². The van der Waals surface area contributed by atoms with Gasteiger partial charge in [0.05, 0.1) is 7.11 Å². The highest BCUT2D eigenvalue weighted by Crippen LogP contribution is 1.97. The second-order valence-electron chi connectivity index (χ2n) is 1.44. The van der Waals surface area contributed by atoms with Gasteiger partial charge in [-0.2, -0.15) is 0 Å². The molecule has 0 radical (unpaired) electrons. The second-order valence-corrected chi connectivity index (χ2v) is 1.44. The molecule has 0 amide bonds. The molecule has 0 fully saturated rings. The van der Waals surface area contributed by atoms with Crippen LogP contribution in [-0.4, -0.2) is 13.1 Å². The van der Waals surface area contributed by atoms with Gasteiger partial charge < -0.3 is 9.47 Å². The van der Waals surface area contributed by atoms with E-state index in [0.717, 1.165) is 6.08 Å². The van der Waals surface area contributed by atoms with Crippen LogP contribution >= 0.6 is 0 Å². The van der Waals surface area contributed by atoms with Gasteiger partial charge in [-0.25, -0.2) is 4.79 Å². The number of esters is 1. The Morgan fingerprint density at radius 1 is 1.60 bits per heavy atom. The van der Waals surface area contributed by atoms with Gasteiger partial charge in [0.25, 0.3) is 5.95 Å². The topological polar surface area (TPSA) is 35.5 Å². The van der Waals surface area contributed by atoms with Crippen LogP contribution in [0.4, 0.5) is 0 Å². The van der Waals surface area contributed by atoms with Gasteiger partial charge in [-0.05, 0) is 13.0 Å². The summed E-state index contributed by atoms with van der Waals surface area (Å²) in [6, 6.07) is 0. The number of ether oxygens (including phenoxy) is 2. The van der Waals surface area contributed by atoms with Crippen LogP contribution in [0.3, 0.4) is 0 Å². The number of carbonyl (C=O) groups excluding carboxylic acids is 1. The van der Waals surface area contributed by atoms with Crippen molar-refractivity contribution >= 4 is 5.97 Å². The van der Waals surface area contributed by atoms with E-state index in [-0.39, 0.29) is 5.95 Å². The van der Waals surface area contributed by atoms with Crippen LogP contribution in [0.5, 0.6) is 0 Å². The summed E-state index contributed by atoms with van der Waals surface area (Å²) >= 11 is 0. The lowest BCUT2D eigenvalue weighted by atomic mass is 10.6. The number of carbonyl (C=O) groups is 1. The van der Waals surface area contributed by atoms with E-state index in [4.69, 9.17) is 0 Å². The minimum atomic E-state index is -0.519. The first-order valence-corrected chi connectivity index (χ1v) is 2.79. The fourth-order valence-corrected chi connectivity index (χ4v) is 0.359. The van der Waals surface area contributed by atoms with Gasteiger partial charge in [0, 0.05) is 6.08 Å². The third kappa shape index (κ3) is 2.91. The maximum atomic E-state index is 10.5. The quantitative estimate of drug-likeness (QED) is 0.337. The fourth-order valence-electron chi connectivity index (χ4n) is 0.359. The first kappa shape index (κ1) is 8.75. The Labute approximate surface area is 59.9 Å². The highest BCUT2D eigenvalue weighted by molar-refractivity contribution is 5.81. The largest absolute Gasteiger partial charge is 0.469 e. The molecular formula is C7H10O3. The molecular weight excluding hydrogens is 132 g/mol. The van der Waals surface area contributed by atoms with Crippen molar-refractivity contribution in [1.82, 2.24) is 0 Å². The third-order valence-corrected chi connectivity index (χ3v) is 0.805. The van der Waals surface area contributed by atoms with Crippen molar-refractivity contribution in [1.29, 1.82) is 0 Å². The summed E-state index contributed by atoms with van der Waals surface area (Å²) in [5.74, 6) is -0.333. The maximum absolute atomic E-state index is 10.5. The standard InChI is InChI=1S/C7H10O3/c1-4-6(8)10-7(5-2)9-3/h4-5H,1H2,2-3H3/b7-5+. The molecule has 0 aromatic rings. The Balaban J connectivity index is 3.87. The molecule has 0 saturated heterocycles. The number of hydrogen-bond acceptors (Lipinski definition) is 3. The zero-order chi connectivity index (χ0) is 7.98. The summed E-state index contributed by atoms with van der Waals surface area (Å²) in [6.07, 6.45) is 2.62. The molecule has 0 spiro atoms. The number of rotatable bonds is 3. The molecule has 0 aliphatic rings. The molecule has 10 heavy (non-hydrogen) atoms. The van der Waals surface area contributed by atoms with Crippen LogP contribution in [0.2, 0.25) is 0 Å². The third-order valence-electron chi connectivity index (χ3n) is 0.805. The minimum Gasteiger partial charge on any atom is -0.469 e. The highest BCUT2D eigenvalue weighted by Gasteiger charge is 1.99. The molecule has 0 bridgehead atoms. The van der Waals surface area contributed by atoms with Crippen LogP contribution in [0.15, 0.2) is 24.7 Å². The Morgan fingerprint density at radius 2 is 2.20 bits per heavy atom.